The van der Waals surface area contributed by atoms with Crippen LogP contribution in [0.2, 0.25) is 0 Å². The first-order valence-electron chi connectivity index (χ1n) is 11.0. The molecule has 2 aliphatic rings. The van der Waals surface area contributed by atoms with Crippen molar-refractivity contribution in [3.63, 3.8) is 0 Å². The predicted octanol–water partition coefficient (Wildman–Crippen LogP) is 3.58. The molecular weight excluding hydrogens is 426 g/mol. The first-order chi connectivity index (χ1) is 15.2. The van der Waals surface area contributed by atoms with Crippen LogP contribution in [0.15, 0.2) is 41.3 Å². The first-order valence-corrected chi connectivity index (χ1v) is 12.4. The Morgan fingerprint density at radius 1 is 1.09 bits per heavy atom. The molecule has 0 aromatic heterocycles. The third kappa shape index (κ3) is 4.11. The summed E-state index contributed by atoms with van der Waals surface area (Å²) in [4.78, 5) is 26.0. The smallest absolute Gasteiger partial charge is 0.265 e. The number of hydrogen-bond donors (Lipinski definition) is 2. The molecule has 2 aromatic rings. The fourth-order valence-electron chi connectivity index (χ4n) is 4.94. The van der Waals surface area contributed by atoms with Gasteiger partial charge in [0.2, 0.25) is 11.8 Å². The Morgan fingerprint density at radius 2 is 1.72 bits per heavy atom. The second-order valence-corrected chi connectivity index (χ2v) is 10.6. The molecule has 1 heterocycles. The van der Waals surface area contributed by atoms with Crippen molar-refractivity contribution < 1.29 is 18.0 Å². The largest absolute Gasteiger partial charge is 0.353 e. The van der Waals surface area contributed by atoms with E-state index < -0.39 is 22.0 Å². The molecule has 1 atom stereocenters. The Hall–Kier alpha value is -2.87. The zero-order valence-electron chi connectivity index (χ0n) is 18.6. The van der Waals surface area contributed by atoms with E-state index in [2.05, 4.69) is 10.6 Å². The van der Waals surface area contributed by atoms with Gasteiger partial charge in [-0.3, -0.25) is 13.9 Å². The Labute approximate surface area is 189 Å². The van der Waals surface area contributed by atoms with Crippen LogP contribution in [0.4, 0.5) is 11.4 Å². The van der Waals surface area contributed by atoms with Gasteiger partial charge in [0, 0.05) is 6.04 Å². The number of anilines is 2. The number of hydrogen-bond acceptors (Lipinski definition) is 4. The molecule has 170 valence electrons. The minimum absolute atomic E-state index is 0.0908. The molecule has 2 amide bonds. The van der Waals surface area contributed by atoms with Crippen LogP contribution < -0.4 is 14.9 Å². The molecule has 2 aromatic carbocycles. The van der Waals surface area contributed by atoms with Gasteiger partial charge in [-0.05, 0) is 56.9 Å². The highest BCUT2D eigenvalue weighted by Gasteiger charge is 2.43. The normalized spacial score (nSPS) is 18.9. The van der Waals surface area contributed by atoms with Crippen molar-refractivity contribution in [2.24, 2.45) is 0 Å². The minimum atomic E-state index is -4.12. The van der Waals surface area contributed by atoms with Gasteiger partial charge in [-0.1, -0.05) is 42.7 Å². The van der Waals surface area contributed by atoms with Crippen LogP contribution >= 0.6 is 0 Å². The SMILES string of the molecule is Cc1cc(C)c(S(=O)(=O)N2c3ccccc3NC(=O)C2CC(=O)NC2CCCC2)c(C)c1. The molecule has 32 heavy (non-hydrogen) atoms. The molecule has 1 saturated carbocycles. The van der Waals surface area contributed by atoms with Gasteiger partial charge in [0.1, 0.15) is 6.04 Å². The monoisotopic (exact) mass is 455 g/mol. The van der Waals surface area contributed by atoms with Gasteiger partial charge in [-0.15, -0.1) is 0 Å². The van der Waals surface area contributed by atoms with Gasteiger partial charge < -0.3 is 10.6 Å². The van der Waals surface area contributed by atoms with Crippen molar-refractivity contribution in [2.75, 3.05) is 9.62 Å². The van der Waals surface area contributed by atoms with E-state index in [-0.39, 0.29) is 23.3 Å². The minimum Gasteiger partial charge on any atom is -0.353 e. The summed E-state index contributed by atoms with van der Waals surface area (Å²) in [5.74, 6) is -0.815. The van der Waals surface area contributed by atoms with E-state index in [1.165, 1.54) is 0 Å². The topological polar surface area (TPSA) is 95.6 Å². The lowest BCUT2D eigenvalue weighted by molar-refractivity contribution is -0.125. The van der Waals surface area contributed by atoms with Gasteiger partial charge in [-0.25, -0.2) is 8.42 Å². The summed E-state index contributed by atoms with van der Waals surface area (Å²) in [6.07, 6.45) is 3.72. The highest BCUT2D eigenvalue weighted by molar-refractivity contribution is 7.93. The number of aryl methyl sites for hydroxylation is 3. The van der Waals surface area contributed by atoms with Gasteiger partial charge in [0.05, 0.1) is 22.7 Å². The number of nitrogens with one attached hydrogen (secondary N) is 2. The lowest BCUT2D eigenvalue weighted by Gasteiger charge is -2.37. The van der Waals surface area contributed by atoms with E-state index in [9.17, 15) is 18.0 Å². The second-order valence-electron chi connectivity index (χ2n) is 8.80. The van der Waals surface area contributed by atoms with Crippen molar-refractivity contribution >= 4 is 33.2 Å². The van der Waals surface area contributed by atoms with Crippen molar-refractivity contribution in [2.45, 2.75) is 69.9 Å². The predicted molar refractivity (Wildman–Crippen MR) is 124 cm³/mol. The first kappa shape index (κ1) is 22.3. The van der Waals surface area contributed by atoms with Crippen molar-refractivity contribution in [1.29, 1.82) is 0 Å². The maximum absolute atomic E-state index is 14.0. The maximum atomic E-state index is 14.0. The fraction of sp³-hybridized carbons (Fsp3) is 0.417. The summed E-state index contributed by atoms with van der Waals surface area (Å²) in [5.41, 5.74) is 2.96. The molecule has 0 saturated heterocycles. The average molecular weight is 456 g/mol. The van der Waals surface area contributed by atoms with Crippen LogP contribution in [0.1, 0.15) is 48.8 Å². The van der Waals surface area contributed by atoms with Crippen molar-refractivity contribution in [1.82, 2.24) is 5.32 Å². The van der Waals surface area contributed by atoms with E-state index in [0.717, 1.165) is 35.6 Å². The van der Waals surface area contributed by atoms with Crippen LogP contribution in [0.25, 0.3) is 0 Å². The molecular formula is C24H29N3O4S. The molecule has 1 unspecified atom stereocenters. The van der Waals surface area contributed by atoms with Gasteiger partial charge in [0.15, 0.2) is 0 Å². The Bertz CT molecular complexity index is 1150. The third-order valence-electron chi connectivity index (χ3n) is 6.21. The van der Waals surface area contributed by atoms with Crippen molar-refractivity contribution in [3.05, 3.63) is 53.1 Å². The van der Waals surface area contributed by atoms with E-state index in [0.29, 0.717) is 22.5 Å². The molecule has 1 aliphatic carbocycles. The Kier molecular flexibility index (Phi) is 5.99. The van der Waals surface area contributed by atoms with Gasteiger partial charge in [-0.2, -0.15) is 0 Å². The summed E-state index contributed by atoms with van der Waals surface area (Å²) >= 11 is 0. The summed E-state index contributed by atoms with van der Waals surface area (Å²) in [7, 11) is -4.12. The highest BCUT2D eigenvalue weighted by Crippen LogP contribution is 2.38. The van der Waals surface area contributed by atoms with Crippen LogP contribution in [-0.2, 0) is 19.6 Å². The fourth-order valence-corrected chi connectivity index (χ4v) is 6.99. The quantitative estimate of drug-likeness (QED) is 0.720. The van der Waals surface area contributed by atoms with E-state index in [1.54, 1.807) is 38.1 Å². The van der Waals surface area contributed by atoms with Crippen molar-refractivity contribution in [3.8, 4) is 0 Å². The maximum Gasteiger partial charge on any atom is 0.265 e. The number of nitrogens with zero attached hydrogens (tertiary/aromatic N) is 1. The lowest BCUT2D eigenvalue weighted by atomic mass is 10.1. The molecule has 1 fully saturated rings. The third-order valence-corrected chi connectivity index (χ3v) is 8.33. The number of carbonyl (C=O) groups excluding carboxylic acids is 2. The molecule has 1 aliphatic heterocycles. The molecule has 4 rings (SSSR count). The highest BCUT2D eigenvalue weighted by atomic mass is 32.2. The summed E-state index contributed by atoms with van der Waals surface area (Å²) in [5, 5.41) is 5.75. The van der Waals surface area contributed by atoms with Gasteiger partial charge >= 0.3 is 0 Å². The standard InChI is InChI=1S/C24H29N3O4S/c1-15-12-16(2)23(17(3)13-15)32(30,31)27-20-11-7-6-10-19(20)26-24(29)21(27)14-22(28)25-18-8-4-5-9-18/h6-7,10-13,18,21H,4-5,8-9,14H2,1-3H3,(H,25,28)(H,26,29). The van der Waals surface area contributed by atoms with Gasteiger partial charge in [0.25, 0.3) is 10.0 Å². The number of benzene rings is 2. The van der Waals surface area contributed by atoms with Crippen LogP contribution in [0.5, 0.6) is 0 Å². The number of fused-ring (bicyclic) bond motifs is 1. The lowest BCUT2D eigenvalue weighted by Crippen LogP contribution is -2.53. The second kappa shape index (κ2) is 8.58. The Morgan fingerprint density at radius 3 is 2.38 bits per heavy atom. The zero-order chi connectivity index (χ0) is 23.0. The summed E-state index contributed by atoms with van der Waals surface area (Å²) in [6.45, 7) is 5.42. The molecule has 7 nitrogen and oxygen atoms in total. The molecule has 2 N–H and O–H groups in total. The Balaban J connectivity index is 1.77. The number of para-hydroxylation sites is 2. The average Bonchev–Trinajstić information content (AvgIpc) is 3.20. The zero-order valence-corrected chi connectivity index (χ0v) is 19.5. The number of amides is 2. The molecule has 8 heteroatoms. The molecule has 0 bridgehead atoms. The number of rotatable bonds is 5. The van der Waals surface area contributed by atoms with E-state index >= 15 is 0 Å². The van der Waals surface area contributed by atoms with Crippen LogP contribution in [-0.4, -0.2) is 32.3 Å². The van der Waals surface area contributed by atoms with Crippen LogP contribution in [0.3, 0.4) is 0 Å². The van der Waals surface area contributed by atoms with E-state index in [4.69, 9.17) is 0 Å². The van der Waals surface area contributed by atoms with E-state index in [1.807, 2.05) is 19.1 Å². The number of sulfonamides is 1. The molecule has 0 radical (unpaired) electrons. The summed E-state index contributed by atoms with van der Waals surface area (Å²) < 4.78 is 29.1. The number of carbonyl (C=O) groups is 2. The molecule has 0 spiro atoms. The summed E-state index contributed by atoms with van der Waals surface area (Å²) in [6, 6.07) is 9.34. The van der Waals surface area contributed by atoms with Crippen LogP contribution in [0, 0.1) is 20.8 Å².